The number of hydrogen-bond acceptors (Lipinski definition) is 3. The van der Waals surface area contributed by atoms with Gasteiger partial charge in [-0.1, -0.05) is 11.6 Å². The average molecular weight is 280 g/mol. The van der Waals surface area contributed by atoms with Gasteiger partial charge in [0.05, 0.1) is 16.5 Å². The highest BCUT2D eigenvalue weighted by atomic mass is 35.5. The molecule has 2 nitrogen and oxygen atoms in total. The van der Waals surface area contributed by atoms with Crippen molar-refractivity contribution < 1.29 is 4.74 Å². The average Bonchev–Trinajstić information content (AvgIpc) is 2.63. The van der Waals surface area contributed by atoms with E-state index in [0.717, 1.165) is 24.0 Å². The first-order chi connectivity index (χ1) is 7.67. The molecule has 0 aromatic carbocycles. The smallest absolute Gasteiger partial charge is 0.0931 e. The number of morpholine rings is 1. The maximum absolute atomic E-state index is 5.92. The van der Waals surface area contributed by atoms with Crippen LogP contribution in [0.3, 0.4) is 0 Å². The minimum Gasteiger partial charge on any atom is -0.371 e. The van der Waals surface area contributed by atoms with E-state index < -0.39 is 0 Å². The molecule has 0 saturated carbocycles. The maximum atomic E-state index is 5.92. The zero-order valence-corrected chi connectivity index (χ0v) is 11.5. The van der Waals surface area contributed by atoms with Gasteiger partial charge in [-0.3, -0.25) is 4.90 Å². The topological polar surface area (TPSA) is 12.5 Å². The van der Waals surface area contributed by atoms with Crippen LogP contribution in [0.25, 0.3) is 0 Å². The molecule has 1 fully saturated rings. The molecule has 0 bridgehead atoms. The number of halogens is 2. The number of nitrogens with zero attached hydrogens (tertiary/aromatic N) is 1. The molecule has 0 aliphatic carbocycles. The van der Waals surface area contributed by atoms with Gasteiger partial charge in [-0.25, -0.2) is 0 Å². The molecular formula is C11H15Cl2NOS. The molecule has 0 radical (unpaired) electrons. The second kappa shape index (κ2) is 5.69. The van der Waals surface area contributed by atoms with Crippen LogP contribution >= 0.6 is 34.5 Å². The van der Waals surface area contributed by atoms with Gasteiger partial charge in [0.2, 0.25) is 0 Å². The number of thiophene rings is 1. The molecule has 0 amide bonds. The number of alkyl halides is 1. The lowest BCUT2D eigenvalue weighted by atomic mass is 10.2. The minimum absolute atomic E-state index is 0.154. The lowest BCUT2D eigenvalue weighted by Crippen LogP contribution is -2.46. The summed E-state index contributed by atoms with van der Waals surface area (Å²) in [5.41, 5.74) is 0. The predicted octanol–water partition coefficient (Wildman–Crippen LogP) is 3.23. The van der Waals surface area contributed by atoms with E-state index in [1.54, 1.807) is 11.3 Å². The van der Waals surface area contributed by atoms with Gasteiger partial charge in [0.1, 0.15) is 0 Å². The van der Waals surface area contributed by atoms with Crippen molar-refractivity contribution in [2.45, 2.75) is 25.7 Å². The summed E-state index contributed by atoms with van der Waals surface area (Å²) in [5, 5.41) is 0. The molecule has 16 heavy (non-hydrogen) atoms. The Hall–Kier alpha value is 0.200. The number of ether oxygens (including phenoxy) is 1. The van der Waals surface area contributed by atoms with Crippen molar-refractivity contribution in [2.24, 2.45) is 0 Å². The molecule has 0 spiro atoms. The van der Waals surface area contributed by atoms with Gasteiger partial charge in [0.25, 0.3) is 0 Å². The normalized spacial score (nSPS) is 27.2. The van der Waals surface area contributed by atoms with Gasteiger partial charge >= 0.3 is 0 Å². The first-order valence-electron chi connectivity index (χ1n) is 5.35. The zero-order chi connectivity index (χ0) is 11.5. The maximum Gasteiger partial charge on any atom is 0.0931 e. The van der Waals surface area contributed by atoms with E-state index in [1.165, 1.54) is 4.88 Å². The molecule has 2 unspecified atom stereocenters. The molecule has 90 valence electrons. The van der Waals surface area contributed by atoms with Crippen molar-refractivity contribution in [1.29, 1.82) is 0 Å². The predicted molar refractivity (Wildman–Crippen MR) is 69.7 cm³/mol. The van der Waals surface area contributed by atoms with Crippen molar-refractivity contribution in [3.8, 4) is 0 Å². The highest BCUT2D eigenvalue weighted by Crippen LogP contribution is 2.24. The quantitative estimate of drug-likeness (QED) is 0.788. The van der Waals surface area contributed by atoms with Gasteiger partial charge < -0.3 is 4.74 Å². The Morgan fingerprint density at radius 1 is 1.50 bits per heavy atom. The minimum atomic E-state index is 0.154. The monoisotopic (exact) mass is 279 g/mol. The Labute approximate surface area is 110 Å². The molecule has 1 saturated heterocycles. The summed E-state index contributed by atoms with van der Waals surface area (Å²) in [6.07, 6.45) is 0.411. The number of hydrogen-bond donors (Lipinski definition) is 0. The summed E-state index contributed by atoms with van der Waals surface area (Å²) in [6.45, 7) is 4.90. The third kappa shape index (κ3) is 3.34. The Bertz CT molecular complexity index is 344. The van der Waals surface area contributed by atoms with Crippen LogP contribution < -0.4 is 0 Å². The lowest BCUT2D eigenvalue weighted by molar-refractivity contribution is -0.0686. The summed E-state index contributed by atoms with van der Waals surface area (Å²) in [5.74, 6) is 0.562. The largest absolute Gasteiger partial charge is 0.371 e. The van der Waals surface area contributed by atoms with Crippen LogP contribution in [0.15, 0.2) is 12.1 Å². The zero-order valence-electron chi connectivity index (χ0n) is 9.16. The van der Waals surface area contributed by atoms with Crippen LogP contribution in [0.5, 0.6) is 0 Å². The molecule has 1 aromatic heterocycles. The van der Waals surface area contributed by atoms with E-state index in [0.29, 0.717) is 5.88 Å². The van der Waals surface area contributed by atoms with Crippen LogP contribution in [-0.4, -0.2) is 36.1 Å². The summed E-state index contributed by atoms with van der Waals surface area (Å²) in [7, 11) is 0. The molecule has 1 aromatic rings. The van der Waals surface area contributed by atoms with Gasteiger partial charge in [0, 0.05) is 30.4 Å². The summed E-state index contributed by atoms with van der Waals surface area (Å²) >= 11 is 13.4. The Morgan fingerprint density at radius 2 is 2.31 bits per heavy atom. The standard InChI is InChI=1S/C11H15Cl2NOS/c1-8-5-14(6-9(4-12)15-8)7-10-2-3-11(13)16-10/h2-3,8-9H,4-7H2,1H3. The van der Waals surface area contributed by atoms with Gasteiger partial charge in [0.15, 0.2) is 0 Å². The summed E-state index contributed by atoms with van der Waals surface area (Å²) in [4.78, 5) is 3.68. The van der Waals surface area contributed by atoms with Gasteiger partial charge in [-0.15, -0.1) is 22.9 Å². The highest BCUT2D eigenvalue weighted by Gasteiger charge is 2.24. The Morgan fingerprint density at radius 3 is 2.94 bits per heavy atom. The summed E-state index contributed by atoms with van der Waals surface area (Å²) in [6, 6.07) is 4.04. The van der Waals surface area contributed by atoms with E-state index >= 15 is 0 Å². The van der Waals surface area contributed by atoms with Crippen LogP contribution in [0, 0.1) is 0 Å². The lowest BCUT2D eigenvalue weighted by Gasteiger charge is -2.35. The van der Waals surface area contributed by atoms with Crippen LogP contribution in [0.1, 0.15) is 11.8 Å². The molecule has 0 N–H and O–H groups in total. The van der Waals surface area contributed by atoms with E-state index in [2.05, 4.69) is 17.9 Å². The fourth-order valence-corrected chi connectivity index (χ4v) is 3.31. The van der Waals surface area contributed by atoms with Crippen molar-refractivity contribution in [2.75, 3.05) is 19.0 Å². The van der Waals surface area contributed by atoms with Crippen molar-refractivity contribution in [3.63, 3.8) is 0 Å². The molecule has 2 rings (SSSR count). The fraction of sp³-hybridized carbons (Fsp3) is 0.636. The van der Waals surface area contributed by atoms with Crippen LogP contribution in [-0.2, 0) is 11.3 Å². The third-order valence-electron chi connectivity index (χ3n) is 2.58. The molecule has 2 atom stereocenters. The Balaban J connectivity index is 1.93. The van der Waals surface area contributed by atoms with Gasteiger partial charge in [-0.05, 0) is 19.1 Å². The molecule has 2 heterocycles. The second-order valence-corrected chi connectivity index (χ2v) is 6.23. The molecule has 1 aliphatic rings. The van der Waals surface area contributed by atoms with Crippen LogP contribution in [0.2, 0.25) is 4.34 Å². The number of rotatable bonds is 3. The SMILES string of the molecule is CC1CN(Cc2ccc(Cl)s2)CC(CCl)O1. The summed E-state index contributed by atoms with van der Waals surface area (Å²) < 4.78 is 6.56. The van der Waals surface area contributed by atoms with E-state index in [1.807, 2.05) is 6.07 Å². The van der Waals surface area contributed by atoms with Crippen molar-refractivity contribution >= 4 is 34.5 Å². The van der Waals surface area contributed by atoms with Gasteiger partial charge in [-0.2, -0.15) is 0 Å². The highest BCUT2D eigenvalue weighted by molar-refractivity contribution is 7.16. The first-order valence-corrected chi connectivity index (χ1v) is 7.08. The molecular weight excluding hydrogens is 265 g/mol. The van der Waals surface area contributed by atoms with E-state index in [4.69, 9.17) is 27.9 Å². The second-order valence-electron chi connectivity index (χ2n) is 4.12. The van der Waals surface area contributed by atoms with E-state index in [9.17, 15) is 0 Å². The Kier molecular flexibility index (Phi) is 4.50. The first kappa shape index (κ1) is 12.7. The van der Waals surface area contributed by atoms with Crippen molar-refractivity contribution in [1.82, 2.24) is 4.90 Å². The van der Waals surface area contributed by atoms with Crippen molar-refractivity contribution in [3.05, 3.63) is 21.3 Å². The fourth-order valence-electron chi connectivity index (χ4n) is 2.01. The third-order valence-corrected chi connectivity index (χ3v) is 4.14. The molecule has 5 heteroatoms. The molecule has 1 aliphatic heterocycles. The van der Waals surface area contributed by atoms with Crippen LogP contribution in [0.4, 0.5) is 0 Å². The van der Waals surface area contributed by atoms with E-state index in [-0.39, 0.29) is 12.2 Å².